The van der Waals surface area contributed by atoms with Crippen LogP contribution < -0.4 is 9.64 Å². The first kappa shape index (κ1) is 19.8. The van der Waals surface area contributed by atoms with Crippen molar-refractivity contribution in [2.45, 2.75) is 6.04 Å². The average molecular weight is 495 g/mol. The van der Waals surface area contributed by atoms with Gasteiger partial charge in [0, 0.05) is 26.3 Å². The number of hydrogen-bond acceptors (Lipinski definition) is 3. The maximum atomic E-state index is 13.5. The molecule has 31 heavy (non-hydrogen) atoms. The van der Waals surface area contributed by atoms with E-state index >= 15 is 0 Å². The van der Waals surface area contributed by atoms with Crippen molar-refractivity contribution < 1.29 is 9.53 Å². The summed E-state index contributed by atoms with van der Waals surface area (Å²) in [5.74, 6) is 0.641. The Morgan fingerprint density at radius 1 is 1.00 bits per heavy atom. The third-order valence-electron chi connectivity index (χ3n) is 5.42. The Balaban J connectivity index is 1.69. The highest BCUT2D eigenvalue weighted by Crippen LogP contribution is 2.45. The molecular weight excluding hydrogens is 478 g/mol. The SMILES string of the molecule is COc1ccc(-c2n[nH]c3c2[C@@H](c2ccc(Cl)cc2)N(c2ccc(Br)cc2)C3=O)cc1. The van der Waals surface area contributed by atoms with Crippen molar-refractivity contribution in [2.75, 3.05) is 12.0 Å². The van der Waals surface area contributed by atoms with Crippen LogP contribution in [0.5, 0.6) is 5.75 Å². The van der Waals surface area contributed by atoms with Gasteiger partial charge in [0.2, 0.25) is 0 Å². The summed E-state index contributed by atoms with van der Waals surface area (Å²) in [6.45, 7) is 0. The van der Waals surface area contributed by atoms with Crippen LogP contribution in [0.4, 0.5) is 5.69 Å². The molecule has 1 atom stereocenters. The smallest absolute Gasteiger partial charge is 0.277 e. The molecule has 154 valence electrons. The summed E-state index contributed by atoms with van der Waals surface area (Å²) in [6, 6.07) is 22.6. The zero-order valence-corrected chi connectivity index (χ0v) is 18.8. The molecule has 0 bridgehead atoms. The van der Waals surface area contributed by atoms with Crippen molar-refractivity contribution in [2.24, 2.45) is 0 Å². The number of ether oxygens (including phenoxy) is 1. The Hall–Kier alpha value is -3.09. The number of anilines is 1. The number of aromatic amines is 1. The molecule has 7 heteroatoms. The molecule has 5 nitrogen and oxygen atoms in total. The number of carbonyl (C=O) groups is 1. The summed E-state index contributed by atoms with van der Waals surface area (Å²) in [7, 11) is 1.63. The Labute approximate surface area is 192 Å². The molecule has 1 N–H and O–H groups in total. The third-order valence-corrected chi connectivity index (χ3v) is 6.20. The summed E-state index contributed by atoms with van der Waals surface area (Å²) < 4.78 is 6.22. The molecule has 1 aromatic heterocycles. The highest BCUT2D eigenvalue weighted by Gasteiger charge is 2.43. The zero-order valence-electron chi connectivity index (χ0n) is 16.5. The molecule has 0 aliphatic carbocycles. The van der Waals surface area contributed by atoms with Gasteiger partial charge in [-0.3, -0.25) is 14.8 Å². The Kier molecular flexibility index (Phi) is 5.04. The van der Waals surface area contributed by atoms with E-state index in [1.54, 1.807) is 12.0 Å². The van der Waals surface area contributed by atoms with E-state index in [-0.39, 0.29) is 11.9 Å². The van der Waals surface area contributed by atoms with Crippen LogP contribution in [0.3, 0.4) is 0 Å². The van der Waals surface area contributed by atoms with Gasteiger partial charge in [0.1, 0.15) is 11.4 Å². The van der Waals surface area contributed by atoms with Crippen LogP contribution in [0.1, 0.15) is 27.7 Å². The van der Waals surface area contributed by atoms with E-state index in [1.165, 1.54) is 0 Å². The predicted octanol–water partition coefficient (Wildman–Crippen LogP) is 6.25. The number of amides is 1. The number of hydrogen-bond donors (Lipinski definition) is 1. The van der Waals surface area contributed by atoms with Gasteiger partial charge in [-0.25, -0.2) is 0 Å². The third kappa shape index (κ3) is 3.42. The summed E-state index contributed by atoms with van der Waals surface area (Å²) in [5.41, 5.74) is 4.75. The van der Waals surface area contributed by atoms with Gasteiger partial charge in [-0.2, -0.15) is 5.10 Å². The van der Waals surface area contributed by atoms with Gasteiger partial charge in [0.25, 0.3) is 5.91 Å². The molecule has 0 fully saturated rings. The largest absolute Gasteiger partial charge is 0.497 e. The maximum Gasteiger partial charge on any atom is 0.277 e. The quantitative estimate of drug-likeness (QED) is 0.365. The molecule has 5 rings (SSSR count). The molecule has 0 unspecified atom stereocenters. The van der Waals surface area contributed by atoms with Gasteiger partial charge < -0.3 is 4.74 Å². The van der Waals surface area contributed by atoms with Crippen LogP contribution in [-0.4, -0.2) is 23.2 Å². The Morgan fingerprint density at radius 2 is 1.68 bits per heavy atom. The Morgan fingerprint density at radius 3 is 2.32 bits per heavy atom. The van der Waals surface area contributed by atoms with Crippen molar-refractivity contribution in [1.29, 1.82) is 0 Å². The number of benzene rings is 3. The van der Waals surface area contributed by atoms with Crippen LogP contribution in [0.25, 0.3) is 11.3 Å². The second-order valence-corrected chi connectivity index (χ2v) is 8.55. The van der Waals surface area contributed by atoms with Crippen molar-refractivity contribution in [3.8, 4) is 17.0 Å². The first-order valence-electron chi connectivity index (χ1n) is 9.64. The van der Waals surface area contributed by atoms with E-state index in [4.69, 9.17) is 16.3 Å². The van der Waals surface area contributed by atoms with Gasteiger partial charge in [0.15, 0.2) is 0 Å². The highest BCUT2D eigenvalue weighted by molar-refractivity contribution is 9.10. The zero-order chi connectivity index (χ0) is 21.5. The number of nitrogens with zero attached hydrogens (tertiary/aromatic N) is 2. The molecule has 0 radical (unpaired) electrons. The fourth-order valence-corrected chi connectivity index (χ4v) is 4.33. The predicted molar refractivity (Wildman–Crippen MR) is 125 cm³/mol. The normalized spacial score (nSPS) is 15.3. The fourth-order valence-electron chi connectivity index (χ4n) is 3.94. The first-order chi connectivity index (χ1) is 15.1. The number of halogens is 2. The summed E-state index contributed by atoms with van der Waals surface area (Å²) in [4.78, 5) is 15.3. The van der Waals surface area contributed by atoms with Crippen molar-refractivity contribution >= 4 is 39.1 Å². The van der Waals surface area contributed by atoms with Crippen LogP contribution in [0.15, 0.2) is 77.3 Å². The lowest BCUT2D eigenvalue weighted by molar-refractivity contribution is 0.0989. The molecule has 4 aromatic rings. The molecule has 1 aliphatic rings. The van der Waals surface area contributed by atoms with Crippen molar-refractivity contribution in [1.82, 2.24) is 10.2 Å². The van der Waals surface area contributed by atoms with Crippen LogP contribution >= 0.6 is 27.5 Å². The van der Waals surface area contributed by atoms with E-state index in [1.807, 2.05) is 72.8 Å². The molecule has 0 saturated carbocycles. The molecule has 0 saturated heterocycles. The van der Waals surface area contributed by atoms with Crippen molar-refractivity contribution in [3.05, 3.63) is 99.1 Å². The van der Waals surface area contributed by atoms with Crippen molar-refractivity contribution in [3.63, 3.8) is 0 Å². The molecule has 1 amide bonds. The van der Waals surface area contributed by atoms with E-state index in [0.717, 1.165) is 38.3 Å². The van der Waals surface area contributed by atoms with E-state index in [2.05, 4.69) is 26.1 Å². The lowest BCUT2D eigenvalue weighted by Gasteiger charge is -2.26. The van der Waals surface area contributed by atoms with Crippen LogP contribution in [0, 0.1) is 0 Å². The summed E-state index contributed by atoms with van der Waals surface area (Å²) in [6.07, 6.45) is 0. The van der Waals surface area contributed by atoms with Crippen LogP contribution in [0.2, 0.25) is 5.02 Å². The van der Waals surface area contributed by atoms with E-state index in [9.17, 15) is 4.79 Å². The second kappa shape index (κ2) is 7.87. The number of H-pyrrole nitrogens is 1. The average Bonchev–Trinajstić information content (AvgIpc) is 3.34. The van der Waals surface area contributed by atoms with E-state index in [0.29, 0.717) is 10.7 Å². The van der Waals surface area contributed by atoms with Gasteiger partial charge in [-0.1, -0.05) is 39.7 Å². The minimum absolute atomic E-state index is 0.121. The topological polar surface area (TPSA) is 58.2 Å². The number of aromatic nitrogens is 2. The molecule has 2 heterocycles. The summed E-state index contributed by atoms with van der Waals surface area (Å²) in [5, 5.41) is 8.12. The first-order valence-corrected chi connectivity index (χ1v) is 10.8. The van der Waals surface area contributed by atoms with Gasteiger partial charge in [0.05, 0.1) is 18.8 Å². The maximum absolute atomic E-state index is 13.5. The number of fused-ring (bicyclic) bond motifs is 1. The van der Waals surface area contributed by atoms with Gasteiger partial charge in [-0.05, 0) is 66.2 Å². The molecule has 3 aromatic carbocycles. The van der Waals surface area contributed by atoms with Gasteiger partial charge in [-0.15, -0.1) is 0 Å². The number of nitrogens with one attached hydrogen (secondary N) is 1. The number of methoxy groups -OCH3 is 1. The number of carbonyl (C=O) groups excluding carboxylic acids is 1. The Bertz CT molecular complexity index is 1250. The lowest BCUT2D eigenvalue weighted by atomic mass is 9.96. The molecular formula is C24H17BrClN3O2. The van der Waals surface area contributed by atoms with E-state index < -0.39 is 0 Å². The lowest BCUT2D eigenvalue weighted by Crippen LogP contribution is -2.29. The second-order valence-electron chi connectivity index (χ2n) is 7.20. The summed E-state index contributed by atoms with van der Waals surface area (Å²) >= 11 is 9.60. The number of rotatable bonds is 4. The molecule has 1 aliphatic heterocycles. The molecule has 0 spiro atoms. The minimum Gasteiger partial charge on any atom is -0.497 e. The standard InChI is InChI=1S/C24H17BrClN3O2/c1-31-19-12-4-14(5-13-19)21-20-22(28-27-21)24(30)29(18-10-6-16(25)7-11-18)23(20)15-2-8-17(26)9-3-15/h2-13,23H,1H3,(H,27,28)/t23-/m1/s1. The minimum atomic E-state index is -0.336. The monoisotopic (exact) mass is 493 g/mol. The highest BCUT2D eigenvalue weighted by atomic mass is 79.9. The van der Waals surface area contributed by atoms with Gasteiger partial charge >= 0.3 is 0 Å². The fraction of sp³-hybridized carbons (Fsp3) is 0.0833. The van der Waals surface area contributed by atoms with Crippen LogP contribution in [-0.2, 0) is 0 Å².